The molecule has 0 bridgehead atoms. The summed E-state index contributed by atoms with van der Waals surface area (Å²) in [6.07, 6.45) is 1.58. The second kappa shape index (κ2) is 6.64. The Morgan fingerprint density at radius 1 is 1.27 bits per heavy atom. The smallest absolute Gasteiger partial charge is 0.260 e. The van der Waals surface area contributed by atoms with Crippen molar-refractivity contribution >= 4 is 5.91 Å². The van der Waals surface area contributed by atoms with Crippen molar-refractivity contribution in [2.45, 2.75) is 40.3 Å². The van der Waals surface area contributed by atoms with E-state index in [1.54, 1.807) is 36.3 Å². The maximum Gasteiger partial charge on any atom is 0.260 e. The van der Waals surface area contributed by atoms with E-state index in [0.717, 1.165) is 5.69 Å². The number of rotatable bonds is 5. The number of carbonyl (C=O) groups is 1. The first kappa shape index (κ1) is 16.1. The van der Waals surface area contributed by atoms with Gasteiger partial charge in [0.25, 0.3) is 11.5 Å². The fourth-order valence-electron chi connectivity index (χ4n) is 2.23. The van der Waals surface area contributed by atoms with Crippen LogP contribution in [-0.2, 0) is 6.54 Å². The maximum atomic E-state index is 12.8. The van der Waals surface area contributed by atoms with Gasteiger partial charge in [-0.25, -0.2) is 0 Å². The number of nitrogens with zero attached hydrogens (tertiary/aromatic N) is 1. The summed E-state index contributed by atoms with van der Waals surface area (Å²) >= 11 is 0. The Morgan fingerprint density at radius 2 is 2.00 bits per heavy atom. The zero-order chi connectivity index (χ0) is 16.3. The van der Waals surface area contributed by atoms with E-state index in [-0.39, 0.29) is 29.0 Å². The number of hydrogen-bond acceptors (Lipinski definition) is 3. The monoisotopic (exact) mass is 302 g/mol. The van der Waals surface area contributed by atoms with Crippen LogP contribution in [0.2, 0.25) is 0 Å². The molecular formula is C17H22N2O3. The van der Waals surface area contributed by atoms with Gasteiger partial charge in [-0.2, -0.15) is 0 Å². The Bertz CT molecular complexity index is 686. The Morgan fingerprint density at radius 3 is 2.55 bits per heavy atom. The highest BCUT2D eigenvalue weighted by Gasteiger charge is 2.26. The molecule has 0 aromatic carbocycles. The molecule has 2 aromatic rings. The first-order chi connectivity index (χ1) is 10.4. The minimum absolute atomic E-state index is 0.0155. The topological polar surface area (TPSA) is 66.3 Å². The van der Waals surface area contributed by atoms with Gasteiger partial charge < -0.3 is 14.3 Å². The molecule has 2 heterocycles. The number of H-pyrrole nitrogens is 1. The van der Waals surface area contributed by atoms with Gasteiger partial charge in [0, 0.05) is 11.7 Å². The van der Waals surface area contributed by atoms with E-state index in [0.29, 0.717) is 12.3 Å². The highest BCUT2D eigenvalue weighted by atomic mass is 16.3. The van der Waals surface area contributed by atoms with Crippen molar-refractivity contribution in [2.24, 2.45) is 5.92 Å². The van der Waals surface area contributed by atoms with Crippen molar-refractivity contribution < 1.29 is 9.21 Å². The van der Waals surface area contributed by atoms with E-state index in [9.17, 15) is 9.59 Å². The predicted molar refractivity (Wildman–Crippen MR) is 84.7 cm³/mol. The van der Waals surface area contributed by atoms with Crippen molar-refractivity contribution in [1.29, 1.82) is 0 Å². The molecule has 1 unspecified atom stereocenters. The van der Waals surface area contributed by atoms with Gasteiger partial charge >= 0.3 is 0 Å². The summed E-state index contributed by atoms with van der Waals surface area (Å²) in [5.41, 5.74) is 0.533. The quantitative estimate of drug-likeness (QED) is 0.923. The Kier molecular flexibility index (Phi) is 4.85. The lowest BCUT2D eigenvalue weighted by Crippen LogP contribution is -2.42. The molecule has 0 radical (unpaired) electrons. The number of aryl methyl sites for hydroxylation is 1. The minimum Gasteiger partial charge on any atom is -0.467 e. The molecule has 0 spiro atoms. The van der Waals surface area contributed by atoms with Gasteiger partial charge in [-0.05, 0) is 44.0 Å². The third-order valence-corrected chi connectivity index (χ3v) is 3.91. The molecule has 0 saturated heterocycles. The lowest BCUT2D eigenvalue weighted by atomic mass is 10.0. The Hall–Kier alpha value is -2.30. The molecule has 22 heavy (non-hydrogen) atoms. The van der Waals surface area contributed by atoms with Crippen molar-refractivity contribution in [3.8, 4) is 0 Å². The summed E-state index contributed by atoms with van der Waals surface area (Å²) < 4.78 is 5.35. The zero-order valence-electron chi connectivity index (χ0n) is 13.4. The van der Waals surface area contributed by atoms with Crippen molar-refractivity contribution in [3.63, 3.8) is 0 Å². The molecule has 1 N–H and O–H groups in total. The summed E-state index contributed by atoms with van der Waals surface area (Å²) in [5.74, 6) is 0.687. The third-order valence-electron chi connectivity index (χ3n) is 3.91. The lowest BCUT2D eigenvalue weighted by molar-refractivity contribution is 0.0609. The molecule has 5 nitrogen and oxygen atoms in total. The first-order valence-electron chi connectivity index (χ1n) is 7.43. The number of pyridine rings is 1. The summed E-state index contributed by atoms with van der Waals surface area (Å²) in [6, 6.07) is 6.92. The molecule has 0 aliphatic heterocycles. The standard InChI is InChI=1S/C17H22N2O3/c1-11(2)13(4)19(10-14-6-5-9-22-14)17(21)15-8-7-12(3)18-16(15)20/h5-9,11,13H,10H2,1-4H3,(H,18,20). The second-order valence-electron chi connectivity index (χ2n) is 5.88. The van der Waals surface area contributed by atoms with Crippen LogP contribution in [0.4, 0.5) is 0 Å². The molecule has 2 aromatic heterocycles. The van der Waals surface area contributed by atoms with E-state index in [1.807, 2.05) is 26.8 Å². The highest BCUT2D eigenvalue weighted by Crippen LogP contribution is 2.17. The third kappa shape index (κ3) is 3.47. The SMILES string of the molecule is Cc1ccc(C(=O)N(Cc2ccco2)C(C)C(C)C)c(=O)[nH]1. The van der Waals surface area contributed by atoms with Gasteiger partial charge in [-0.3, -0.25) is 9.59 Å². The molecule has 0 aliphatic rings. The number of nitrogens with one attached hydrogen (secondary N) is 1. The van der Waals surface area contributed by atoms with Crippen LogP contribution in [0.1, 0.15) is 42.6 Å². The lowest BCUT2D eigenvalue weighted by Gasteiger charge is -2.31. The largest absolute Gasteiger partial charge is 0.467 e. The summed E-state index contributed by atoms with van der Waals surface area (Å²) in [4.78, 5) is 29.2. The molecule has 118 valence electrons. The molecule has 1 amide bonds. The Balaban J connectivity index is 2.35. The number of aromatic nitrogens is 1. The van der Waals surface area contributed by atoms with Crippen LogP contribution < -0.4 is 5.56 Å². The van der Waals surface area contributed by atoms with Gasteiger partial charge in [0.05, 0.1) is 12.8 Å². The first-order valence-corrected chi connectivity index (χ1v) is 7.43. The van der Waals surface area contributed by atoms with Crippen molar-refractivity contribution in [3.05, 3.63) is 57.9 Å². The number of aromatic amines is 1. The number of furan rings is 1. The predicted octanol–water partition coefficient (Wildman–Crippen LogP) is 2.96. The highest BCUT2D eigenvalue weighted by molar-refractivity contribution is 5.94. The molecular weight excluding hydrogens is 280 g/mol. The maximum absolute atomic E-state index is 12.8. The van der Waals surface area contributed by atoms with E-state index >= 15 is 0 Å². The molecule has 2 rings (SSSR count). The second-order valence-corrected chi connectivity index (χ2v) is 5.88. The average molecular weight is 302 g/mol. The molecule has 0 saturated carbocycles. The Labute approximate surface area is 130 Å². The van der Waals surface area contributed by atoms with Gasteiger partial charge in [-0.15, -0.1) is 0 Å². The summed E-state index contributed by atoms with van der Waals surface area (Å²) in [6.45, 7) is 8.21. The average Bonchev–Trinajstić information content (AvgIpc) is 2.96. The fourth-order valence-corrected chi connectivity index (χ4v) is 2.23. The normalized spacial score (nSPS) is 12.4. The van der Waals surface area contributed by atoms with Gasteiger partial charge in [0.1, 0.15) is 11.3 Å². The van der Waals surface area contributed by atoms with E-state index in [1.165, 1.54) is 0 Å². The number of amides is 1. The van der Waals surface area contributed by atoms with Crippen molar-refractivity contribution in [2.75, 3.05) is 0 Å². The minimum atomic E-state index is -0.356. The molecule has 5 heteroatoms. The molecule has 0 aliphatic carbocycles. The number of hydrogen-bond donors (Lipinski definition) is 1. The van der Waals surface area contributed by atoms with Crippen LogP contribution in [0.5, 0.6) is 0 Å². The van der Waals surface area contributed by atoms with Gasteiger partial charge in [0.2, 0.25) is 0 Å². The summed E-state index contributed by atoms with van der Waals surface area (Å²) in [5, 5.41) is 0. The van der Waals surface area contributed by atoms with E-state index in [2.05, 4.69) is 4.98 Å². The van der Waals surface area contributed by atoms with Crippen LogP contribution in [-0.4, -0.2) is 21.8 Å². The number of carbonyl (C=O) groups excluding carboxylic acids is 1. The van der Waals surface area contributed by atoms with Gasteiger partial charge in [-0.1, -0.05) is 13.8 Å². The van der Waals surface area contributed by atoms with Crippen LogP contribution in [0.25, 0.3) is 0 Å². The van der Waals surface area contributed by atoms with E-state index in [4.69, 9.17) is 4.42 Å². The fraction of sp³-hybridized carbons (Fsp3) is 0.412. The summed E-state index contributed by atoms with van der Waals surface area (Å²) in [7, 11) is 0. The van der Waals surface area contributed by atoms with Crippen LogP contribution in [0.15, 0.2) is 39.7 Å². The van der Waals surface area contributed by atoms with E-state index < -0.39 is 0 Å². The molecule has 0 fully saturated rings. The zero-order valence-corrected chi connectivity index (χ0v) is 13.4. The van der Waals surface area contributed by atoms with Crippen LogP contribution >= 0.6 is 0 Å². The van der Waals surface area contributed by atoms with Gasteiger partial charge in [0.15, 0.2) is 0 Å². The van der Waals surface area contributed by atoms with Crippen LogP contribution in [0, 0.1) is 12.8 Å². The van der Waals surface area contributed by atoms with Crippen LogP contribution in [0.3, 0.4) is 0 Å². The molecule has 1 atom stereocenters. The van der Waals surface area contributed by atoms with Crippen molar-refractivity contribution in [1.82, 2.24) is 9.88 Å².